The number of amides is 1. The van der Waals surface area contributed by atoms with Crippen LogP contribution in [-0.4, -0.2) is 38.2 Å². The van der Waals surface area contributed by atoms with Crippen LogP contribution >= 0.6 is 0 Å². The topological polar surface area (TPSA) is 75.4 Å². The third-order valence-corrected chi connectivity index (χ3v) is 4.35. The molecule has 1 amide bonds. The summed E-state index contributed by atoms with van der Waals surface area (Å²) in [6.45, 7) is 0.659. The number of fused-ring (bicyclic) bond motifs is 1. The zero-order chi connectivity index (χ0) is 19.8. The second-order valence-corrected chi connectivity index (χ2v) is 6.27. The Bertz CT molecular complexity index is 1020. The van der Waals surface area contributed by atoms with Crippen molar-refractivity contribution in [2.45, 2.75) is 19.5 Å². The molecule has 0 N–H and O–H groups in total. The van der Waals surface area contributed by atoms with Crippen LogP contribution in [0, 0.1) is 5.82 Å². The molecule has 0 spiro atoms. The van der Waals surface area contributed by atoms with E-state index in [1.54, 1.807) is 24.2 Å². The summed E-state index contributed by atoms with van der Waals surface area (Å²) in [6, 6.07) is 7.50. The Morgan fingerprint density at radius 2 is 2.00 bits per heavy atom. The standard InChI is InChI=1S/C18H14F3N5O2/c1-25(8-10-2-4-12(19)5-3-10)26-9-14-13(18(26)27)6-11(7-22-14)16-23-24-17(28-16)15(20)21/h2-7,15H,8-9H2,1H3. The van der Waals surface area contributed by atoms with E-state index in [2.05, 4.69) is 15.2 Å². The largest absolute Gasteiger partial charge is 0.415 e. The fourth-order valence-electron chi connectivity index (χ4n) is 2.93. The van der Waals surface area contributed by atoms with E-state index in [4.69, 9.17) is 4.42 Å². The number of carbonyl (C=O) groups is 1. The minimum Gasteiger partial charge on any atom is -0.415 e. The molecule has 0 saturated carbocycles. The maximum Gasteiger partial charge on any atom is 0.314 e. The van der Waals surface area contributed by atoms with Gasteiger partial charge in [0, 0.05) is 19.8 Å². The number of halogens is 3. The second-order valence-electron chi connectivity index (χ2n) is 6.27. The molecule has 144 valence electrons. The van der Waals surface area contributed by atoms with Crippen LogP contribution in [0.15, 0.2) is 40.9 Å². The fourth-order valence-corrected chi connectivity index (χ4v) is 2.93. The first kappa shape index (κ1) is 18.1. The fraction of sp³-hybridized carbons (Fsp3) is 0.222. The second kappa shape index (κ2) is 7.04. The Kier molecular flexibility index (Phi) is 4.55. The van der Waals surface area contributed by atoms with Gasteiger partial charge in [-0.25, -0.2) is 9.40 Å². The van der Waals surface area contributed by atoms with Gasteiger partial charge in [-0.05, 0) is 23.8 Å². The number of nitrogens with zero attached hydrogens (tertiary/aromatic N) is 5. The molecule has 3 heterocycles. The third-order valence-electron chi connectivity index (χ3n) is 4.35. The molecule has 4 rings (SSSR count). The van der Waals surface area contributed by atoms with E-state index >= 15 is 0 Å². The lowest BCUT2D eigenvalue weighted by atomic mass is 10.1. The van der Waals surface area contributed by atoms with Crippen molar-refractivity contribution in [2.75, 3.05) is 7.05 Å². The number of pyridine rings is 1. The van der Waals surface area contributed by atoms with Crippen molar-refractivity contribution in [2.24, 2.45) is 0 Å². The number of hydrogen-bond donors (Lipinski definition) is 0. The molecule has 1 aliphatic heterocycles. The molecule has 3 aromatic rings. The number of hydrogen-bond acceptors (Lipinski definition) is 6. The first-order valence-electron chi connectivity index (χ1n) is 8.30. The van der Waals surface area contributed by atoms with Gasteiger partial charge in [0.15, 0.2) is 0 Å². The molecule has 7 nitrogen and oxygen atoms in total. The van der Waals surface area contributed by atoms with Crippen molar-refractivity contribution in [3.05, 3.63) is 65.1 Å². The molecule has 0 aliphatic carbocycles. The average Bonchev–Trinajstić information content (AvgIpc) is 3.29. The minimum absolute atomic E-state index is 0.128. The van der Waals surface area contributed by atoms with Crippen molar-refractivity contribution in [3.63, 3.8) is 0 Å². The Labute approximate surface area is 157 Å². The van der Waals surface area contributed by atoms with Crippen molar-refractivity contribution < 1.29 is 22.4 Å². The highest BCUT2D eigenvalue weighted by atomic mass is 19.3. The molecule has 0 fully saturated rings. The van der Waals surface area contributed by atoms with Crippen molar-refractivity contribution in [1.29, 1.82) is 0 Å². The van der Waals surface area contributed by atoms with Crippen LogP contribution in [-0.2, 0) is 13.1 Å². The monoisotopic (exact) mass is 389 g/mol. The van der Waals surface area contributed by atoms with Crippen molar-refractivity contribution in [3.8, 4) is 11.5 Å². The van der Waals surface area contributed by atoms with E-state index in [0.29, 0.717) is 17.8 Å². The number of aromatic nitrogens is 3. The Hall–Kier alpha value is -3.27. The lowest BCUT2D eigenvalue weighted by Crippen LogP contribution is -2.39. The lowest BCUT2D eigenvalue weighted by Gasteiger charge is -2.27. The molecular formula is C18H14F3N5O2. The van der Waals surface area contributed by atoms with E-state index in [9.17, 15) is 18.0 Å². The van der Waals surface area contributed by atoms with Crippen LogP contribution in [0.25, 0.3) is 11.5 Å². The van der Waals surface area contributed by atoms with Crippen LogP contribution in [0.2, 0.25) is 0 Å². The van der Waals surface area contributed by atoms with Crippen molar-refractivity contribution in [1.82, 2.24) is 25.2 Å². The van der Waals surface area contributed by atoms with Gasteiger partial charge in [-0.1, -0.05) is 12.1 Å². The number of rotatable bonds is 5. The summed E-state index contributed by atoms with van der Waals surface area (Å²) in [5.41, 5.74) is 2.01. The number of alkyl halides is 2. The highest BCUT2D eigenvalue weighted by Gasteiger charge is 2.32. The molecule has 2 aromatic heterocycles. The summed E-state index contributed by atoms with van der Waals surface area (Å²) in [5, 5.41) is 10.1. The Morgan fingerprint density at radius 3 is 2.68 bits per heavy atom. The van der Waals surface area contributed by atoms with Gasteiger partial charge >= 0.3 is 6.43 Å². The number of carbonyl (C=O) groups excluding carboxylic acids is 1. The predicted molar refractivity (Wildman–Crippen MR) is 90.2 cm³/mol. The van der Waals surface area contributed by atoms with E-state index in [1.165, 1.54) is 29.4 Å². The summed E-state index contributed by atoms with van der Waals surface area (Å²) in [7, 11) is 1.74. The van der Waals surface area contributed by atoms with Gasteiger partial charge < -0.3 is 4.42 Å². The maximum atomic E-state index is 13.0. The van der Waals surface area contributed by atoms with E-state index in [0.717, 1.165) is 5.56 Å². The number of benzene rings is 1. The van der Waals surface area contributed by atoms with Gasteiger partial charge in [-0.3, -0.25) is 14.8 Å². The Balaban J connectivity index is 1.53. The van der Waals surface area contributed by atoms with Crippen LogP contribution in [0.3, 0.4) is 0 Å². The summed E-state index contributed by atoms with van der Waals surface area (Å²) in [6.07, 6.45) is -1.47. The van der Waals surface area contributed by atoms with Crippen molar-refractivity contribution >= 4 is 5.91 Å². The molecule has 0 radical (unpaired) electrons. The molecule has 0 atom stereocenters. The maximum absolute atomic E-state index is 13.0. The van der Waals surface area contributed by atoms with Gasteiger partial charge in [0.25, 0.3) is 11.8 Å². The lowest BCUT2D eigenvalue weighted by molar-refractivity contribution is 0.00234. The van der Waals surface area contributed by atoms with Gasteiger partial charge in [0.2, 0.25) is 5.89 Å². The van der Waals surface area contributed by atoms with Crippen LogP contribution < -0.4 is 0 Å². The molecule has 10 heteroatoms. The third kappa shape index (κ3) is 3.33. The normalized spacial score (nSPS) is 13.6. The predicted octanol–water partition coefficient (Wildman–Crippen LogP) is 3.21. The van der Waals surface area contributed by atoms with E-state index in [1.807, 2.05) is 0 Å². The molecule has 28 heavy (non-hydrogen) atoms. The first-order chi connectivity index (χ1) is 13.4. The first-order valence-corrected chi connectivity index (χ1v) is 8.30. The highest BCUT2D eigenvalue weighted by molar-refractivity contribution is 5.98. The van der Waals surface area contributed by atoms with Crippen LogP contribution in [0.4, 0.5) is 13.2 Å². The van der Waals surface area contributed by atoms with Gasteiger partial charge in [-0.2, -0.15) is 8.78 Å². The molecule has 0 unspecified atom stereocenters. The summed E-state index contributed by atoms with van der Waals surface area (Å²) in [5.74, 6) is -1.54. The zero-order valence-electron chi connectivity index (χ0n) is 14.6. The molecule has 0 bridgehead atoms. The van der Waals surface area contributed by atoms with E-state index < -0.39 is 12.3 Å². The zero-order valence-corrected chi connectivity index (χ0v) is 14.6. The molecule has 1 aliphatic rings. The highest BCUT2D eigenvalue weighted by Crippen LogP contribution is 2.28. The smallest absolute Gasteiger partial charge is 0.314 e. The van der Waals surface area contributed by atoms with Gasteiger partial charge in [0.05, 0.1) is 23.4 Å². The quantitative estimate of drug-likeness (QED) is 0.667. The Morgan fingerprint density at radius 1 is 1.25 bits per heavy atom. The number of hydrazine groups is 1. The summed E-state index contributed by atoms with van der Waals surface area (Å²) >= 11 is 0. The van der Waals surface area contributed by atoms with Crippen LogP contribution in [0.5, 0.6) is 0 Å². The van der Waals surface area contributed by atoms with Gasteiger partial charge in [-0.15, -0.1) is 10.2 Å². The van der Waals surface area contributed by atoms with E-state index in [-0.39, 0.29) is 29.7 Å². The minimum atomic E-state index is -2.87. The summed E-state index contributed by atoms with van der Waals surface area (Å²) < 4.78 is 43.2. The molecular weight excluding hydrogens is 375 g/mol. The molecule has 0 saturated heterocycles. The summed E-state index contributed by atoms with van der Waals surface area (Å²) in [4.78, 5) is 17.0. The van der Waals surface area contributed by atoms with Gasteiger partial charge in [0.1, 0.15) is 5.82 Å². The SMILES string of the molecule is CN(Cc1ccc(F)cc1)N1Cc2ncc(-c3nnc(C(F)F)o3)cc2C1=O. The molecule has 1 aromatic carbocycles. The van der Waals surface area contributed by atoms with Crippen LogP contribution in [0.1, 0.15) is 33.9 Å². The average molecular weight is 389 g/mol.